The summed E-state index contributed by atoms with van der Waals surface area (Å²) in [7, 11) is -1.34. The van der Waals surface area contributed by atoms with Crippen molar-refractivity contribution >= 4 is 26.7 Å². The summed E-state index contributed by atoms with van der Waals surface area (Å²) in [5.74, 6) is 0. The molecule has 110 valence electrons. The van der Waals surface area contributed by atoms with Gasteiger partial charge in [-0.05, 0) is 26.3 Å². The smallest absolute Gasteiger partial charge is 0.236 e. The lowest BCUT2D eigenvalue weighted by Crippen LogP contribution is -2.62. The molecule has 0 rings (SSSR count). The first-order chi connectivity index (χ1) is 8.26. The number of hydrogen-bond donors (Lipinski definition) is 1. The molecule has 0 fully saturated rings. The van der Waals surface area contributed by atoms with E-state index in [1.807, 2.05) is 0 Å². The SMILES string of the molecule is CCC[Si](S)(OC(C)(C)CC)[Si](CC)(CC)CC. The summed E-state index contributed by atoms with van der Waals surface area (Å²) < 4.78 is 6.72. The van der Waals surface area contributed by atoms with Gasteiger partial charge < -0.3 is 4.43 Å². The van der Waals surface area contributed by atoms with E-state index in [-0.39, 0.29) is 5.60 Å². The molecule has 4 heteroatoms. The highest BCUT2D eigenvalue weighted by molar-refractivity contribution is 8.22. The van der Waals surface area contributed by atoms with Crippen molar-refractivity contribution in [1.82, 2.24) is 0 Å². The Hall–Kier alpha value is 0.744. The summed E-state index contributed by atoms with van der Waals surface area (Å²) in [6.45, 7) is 14.2. The molecule has 0 aliphatic carbocycles. The van der Waals surface area contributed by atoms with Gasteiger partial charge in [0.15, 0.2) is 0 Å². The van der Waals surface area contributed by atoms with Gasteiger partial charge in [-0.3, -0.25) is 0 Å². The molecule has 0 N–H and O–H groups in total. The van der Waals surface area contributed by atoms with Gasteiger partial charge in [0.25, 0.3) is 0 Å². The zero-order valence-corrected chi connectivity index (χ0v) is 16.5. The molecule has 0 aromatic rings. The summed E-state index contributed by atoms with van der Waals surface area (Å²) in [5.41, 5.74) is 0.000895. The Morgan fingerprint density at radius 3 is 1.67 bits per heavy atom. The third kappa shape index (κ3) is 4.12. The van der Waals surface area contributed by atoms with Gasteiger partial charge >= 0.3 is 0 Å². The molecule has 0 saturated heterocycles. The van der Waals surface area contributed by atoms with Crippen LogP contribution < -0.4 is 0 Å². The van der Waals surface area contributed by atoms with Gasteiger partial charge in [-0.1, -0.05) is 59.2 Å². The monoisotopic (exact) mass is 306 g/mol. The third-order valence-corrected chi connectivity index (χ3v) is 27.0. The van der Waals surface area contributed by atoms with E-state index >= 15 is 0 Å². The highest BCUT2D eigenvalue weighted by Gasteiger charge is 2.52. The molecule has 18 heavy (non-hydrogen) atoms. The van der Waals surface area contributed by atoms with Gasteiger partial charge in [0.2, 0.25) is 6.98 Å². The molecule has 0 bridgehead atoms. The maximum absolute atomic E-state index is 6.72. The standard InChI is InChI=1S/C14H34OSSi2/c1-8-13-18(16,15-14(6,7)9-2)17(10-3,11-4)12-5/h16H,8-13H2,1-7H3. The van der Waals surface area contributed by atoms with Crippen LogP contribution in [0.15, 0.2) is 0 Å². The fourth-order valence-corrected chi connectivity index (χ4v) is 23.1. The Kier molecular flexibility index (Phi) is 7.82. The van der Waals surface area contributed by atoms with Crippen LogP contribution in [0, 0.1) is 0 Å². The average molecular weight is 307 g/mol. The molecule has 0 aliphatic rings. The van der Waals surface area contributed by atoms with Crippen molar-refractivity contribution in [2.75, 3.05) is 0 Å². The minimum Gasteiger partial charge on any atom is -0.405 e. The zero-order valence-electron chi connectivity index (χ0n) is 13.6. The Morgan fingerprint density at radius 2 is 1.39 bits per heavy atom. The predicted molar refractivity (Wildman–Crippen MR) is 92.5 cm³/mol. The Morgan fingerprint density at radius 1 is 0.944 bits per heavy atom. The van der Waals surface area contributed by atoms with Gasteiger partial charge in [0.1, 0.15) is 0 Å². The topological polar surface area (TPSA) is 9.23 Å². The summed E-state index contributed by atoms with van der Waals surface area (Å²) in [6, 6.07) is 5.21. The molecular weight excluding hydrogens is 272 g/mol. The Bertz CT molecular complexity index is 234. The number of thiol groups is 1. The van der Waals surface area contributed by atoms with Gasteiger partial charge in [0.05, 0.1) is 13.2 Å². The zero-order chi connectivity index (χ0) is 14.4. The fraction of sp³-hybridized carbons (Fsp3) is 1.00. The van der Waals surface area contributed by atoms with Crippen molar-refractivity contribution in [3.8, 4) is 0 Å². The highest BCUT2D eigenvalue weighted by Crippen LogP contribution is 2.40. The van der Waals surface area contributed by atoms with Gasteiger partial charge in [-0.15, -0.1) is 0 Å². The second kappa shape index (κ2) is 7.51. The van der Waals surface area contributed by atoms with E-state index in [4.69, 9.17) is 16.5 Å². The van der Waals surface area contributed by atoms with Crippen molar-refractivity contribution in [3.63, 3.8) is 0 Å². The molecule has 0 amide bonds. The fourth-order valence-electron chi connectivity index (χ4n) is 2.87. The van der Waals surface area contributed by atoms with Crippen LogP contribution in [0.4, 0.5) is 0 Å². The first kappa shape index (κ1) is 18.7. The van der Waals surface area contributed by atoms with Gasteiger partial charge in [-0.2, -0.15) is 12.1 Å². The van der Waals surface area contributed by atoms with Gasteiger partial charge in [-0.25, -0.2) is 0 Å². The van der Waals surface area contributed by atoms with E-state index in [1.54, 1.807) is 0 Å². The summed E-state index contributed by atoms with van der Waals surface area (Å²) in [4.78, 5) is 0. The van der Waals surface area contributed by atoms with Crippen LogP contribution in [0.1, 0.15) is 61.3 Å². The minimum atomic E-state index is -1.85. The van der Waals surface area contributed by atoms with E-state index in [9.17, 15) is 0 Å². The maximum Gasteiger partial charge on any atom is 0.236 e. The largest absolute Gasteiger partial charge is 0.405 e. The van der Waals surface area contributed by atoms with Gasteiger partial charge in [0, 0.05) is 0 Å². The molecule has 0 aromatic carbocycles. The minimum absolute atomic E-state index is 0.000895. The van der Waals surface area contributed by atoms with E-state index in [0.29, 0.717) is 0 Å². The number of rotatable bonds is 9. The normalized spacial score (nSPS) is 16.7. The average Bonchev–Trinajstić information content (AvgIpc) is 2.31. The lowest BCUT2D eigenvalue weighted by atomic mass is 10.1. The van der Waals surface area contributed by atoms with E-state index < -0.39 is 14.6 Å². The summed E-state index contributed by atoms with van der Waals surface area (Å²) >= 11 is 5.25. The van der Waals surface area contributed by atoms with E-state index in [2.05, 4.69) is 48.5 Å². The lowest BCUT2D eigenvalue weighted by molar-refractivity contribution is 0.104. The highest BCUT2D eigenvalue weighted by atomic mass is 32.3. The molecule has 1 unspecified atom stereocenters. The first-order valence-electron chi connectivity index (χ1n) is 7.69. The Labute approximate surface area is 122 Å². The molecule has 0 heterocycles. The maximum atomic E-state index is 6.72. The molecule has 1 nitrogen and oxygen atoms in total. The van der Waals surface area contributed by atoms with Crippen molar-refractivity contribution < 1.29 is 4.43 Å². The molecule has 1 atom stereocenters. The van der Waals surface area contributed by atoms with Crippen molar-refractivity contribution in [2.45, 2.75) is 91.1 Å². The second-order valence-electron chi connectivity index (χ2n) is 6.09. The van der Waals surface area contributed by atoms with E-state index in [0.717, 1.165) is 6.42 Å². The molecule has 0 aliphatic heterocycles. The quantitative estimate of drug-likeness (QED) is 0.433. The van der Waals surface area contributed by atoms with Crippen LogP contribution in [0.3, 0.4) is 0 Å². The van der Waals surface area contributed by atoms with Crippen LogP contribution in [-0.4, -0.2) is 20.2 Å². The van der Waals surface area contributed by atoms with Crippen LogP contribution in [-0.2, 0) is 4.43 Å². The van der Waals surface area contributed by atoms with Crippen molar-refractivity contribution in [1.29, 1.82) is 0 Å². The summed E-state index contributed by atoms with van der Waals surface area (Å²) in [6.07, 6.45) is 2.29. The summed E-state index contributed by atoms with van der Waals surface area (Å²) in [5, 5.41) is 0. The predicted octanol–water partition coefficient (Wildman–Crippen LogP) is 5.56. The Balaban J connectivity index is 5.34. The van der Waals surface area contributed by atoms with Crippen LogP contribution >= 0.6 is 12.1 Å². The molecule has 0 spiro atoms. The molecular formula is C14H34OSSi2. The molecule has 0 saturated carbocycles. The number of hydrogen-bond acceptors (Lipinski definition) is 2. The van der Waals surface area contributed by atoms with Crippen molar-refractivity contribution in [3.05, 3.63) is 0 Å². The molecule has 0 aromatic heterocycles. The van der Waals surface area contributed by atoms with E-state index in [1.165, 1.54) is 30.6 Å². The van der Waals surface area contributed by atoms with Crippen LogP contribution in [0.25, 0.3) is 0 Å². The third-order valence-electron chi connectivity index (χ3n) is 4.74. The second-order valence-corrected chi connectivity index (χ2v) is 22.1. The molecule has 0 radical (unpaired) electrons. The van der Waals surface area contributed by atoms with Crippen LogP contribution in [0.5, 0.6) is 0 Å². The van der Waals surface area contributed by atoms with Crippen molar-refractivity contribution in [2.24, 2.45) is 0 Å². The first-order valence-corrected chi connectivity index (χ1v) is 14.7. The van der Waals surface area contributed by atoms with Crippen LogP contribution in [0.2, 0.25) is 24.2 Å². The lowest BCUT2D eigenvalue weighted by Gasteiger charge is -2.47.